The number of carbonyl (C=O) groups is 2. The van der Waals surface area contributed by atoms with Gasteiger partial charge in [-0.1, -0.05) is 18.2 Å². The van der Waals surface area contributed by atoms with Crippen molar-refractivity contribution in [2.24, 2.45) is 0 Å². The Labute approximate surface area is 139 Å². The number of benzene rings is 1. The van der Waals surface area contributed by atoms with Crippen molar-refractivity contribution in [3.63, 3.8) is 0 Å². The lowest BCUT2D eigenvalue weighted by atomic mass is 10.2. The predicted molar refractivity (Wildman–Crippen MR) is 90.3 cm³/mol. The van der Waals surface area contributed by atoms with Crippen LogP contribution < -0.4 is 10.6 Å². The van der Waals surface area contributed by atoms with Crippen LogP contribution in [-0.4, -0.2) is 30.0 Å². The maximum Gasteiger partial charge on any atom is 0.251 e. The fourth-order valence-corrected chi connectivity index (χ4v) is 2.73. The van der Waals surface area contributed by atoms with E-state index in [9.17, 15) is 14.7 Å². The van der Waals surface area contributed by atoms with Gasteiger partial charge in [-0.25, -0.2) is 0 Å². The minimum atomic E-state index is -0.678. The molecule has 0 aliphatic carbocycles. The van der Waals surface area contributed by atoms with Crippen molar-refractivity contribution in [1.82, 2.24) is 10.6 Å². The molecule has 122 valence electrons. The fraction of sp³-hybridized carbons (Fsp3) is 0.294. The number of rotatable bonds is 8. The van der Waals surface area contributed by atoms with Crippen LogP contribution in [0.1, 0.15) is 34.9 Å². The Balaban J connectivity index is 1.59. The molecule has 0 bridgehead atoms. The van der Waals surface area contributed by atoms with Crippen LogP contribution in [0.4, 0.5) is 0 Å². The maximum atomic E-state index is 11.8. The smallest absolute Gasteiger partial charge is 0.251 e. The van der Waals surface area contributed by atoms with Crippen LogP contribution in [0.15, 0.2) is 47.2 Å². The van der Waals surface area contributed by atoms with Crippen LogP contribution in [0.3, 0.4) is 0 Å². The Morgan fingerprint density at radius 1 is 1.13 bits per heavy atom. The van der Waals surface area contributed by atoms with Gasteiger partial charge in [-0.05, 0) is 40.9 Å². The quantitative estimate of drug-likeness (QED) is 0.648. The van der Waals surface area contributed by atoms with Gasteiger partial charge in [0, 0.05) is 25.1 Å². The van der Waals surface area contributed by atoms with E-state index in [4.69, 9.17) is 0 Å². The van der Waals surface area contributed by atoms with Gasteiger partial charge in [-0.3, -0.25) is 9.59 Å². The number of aliphatic hydroxyl groups excluding tert-OH is 1. The normalized spacial score (nSPS) is 11.7. The third kappa shape index (κ3) is 5.84. The van der Waals surface area contributed by atoms with Crippen molar-refractivity contribution < 1.29 is 14.7 Å². The van der Waals surface area contributed by atoms with E-state index in [0.717, 1.165) is 5.56 Å². The molecular weight excluding hydrogens is 312 g/mol. The molecule has 2 rings (SSSR count). The first-order valence-corrected chi connectivity index (χ1v) is 8.41. The highest BCUT2D eigenvalue weighted by atomic mass is 32.1. The van der Waals surface area contributed by atoms with Gasteiger partial charge in [-0.15, -0.1) is 0 Å². The highest BCUT2D eigenvalue weighted by Crippen LogP contribution is 2.15. The molecule has 0 aliphatic heterocycles. The van der Waals surface area contributed by atoms with Crippen LogP contribution in [-0.2, 0) is 4.79 Å². The number of hydrogen-bond donors (Lipinski definition) is 3. The Morgan fingerprint density at radius 2 is 1.91 bits per heavy atom. The number of aliphatic hydroxyl groups is 1. The average Bonchev–Trinajstić information content (AvgIpc) is 3.12. The van der Waals surface area contributed by atoms with Gasteiger partial charge >= 0.3 is 0 Å². The zero-order chi connectivity index (χ0) is 16.5. The van der Waals surface area contributed by atoms with Crippen molar-refractivity contribution in [2.75, 3.05) is 13.1 Å². The zero-order valence-electron chi connectivity index (χ0n) is 12.7. The Hall–Kier alpha value is -2.18. The lowest BCUT2D eigenvalue weighted by Crippen LogP contribution is -2.30. The Kier molecular flexibility index (Phi) is 6.77. The predicted octanol–water partition coefficient (Wildman–Crippen LogP) is 2.11. The monoisotopic (exact) mass is 332 g/mol. The van der Waals surface area contributed by atoms with Gasteiger partial charge in [-0.2, -0.15) is 11.3 Å². The van der Waals surface area contributed by atoms with E-state index in [2.05, 4.69) is 10.6 Å². The fourth-order valence-electron chi connectivity index (χ4n) is 2.02. The standard InChI is InChI=1S/C17H20N2O3S/c20-15(14-8-10-23-12-14)11-19-16(21)7-4-9-18-17(22)13-5-2-1-3-6-13/h1-3,5-6,8,10,12,15,20H,4,7,9,11H2,(H,18,22)(H,19,21). The zero-order valence-corrected chi connectivity index (χ0v) is 13.5. The van der Waals surface area contributed by atoms with Crippen LogP contribution >= 0.6 is 11.3 Å². The molecule has 5 nitrogen and oxygen atoms in total. The van der Waals surface area contributed by atoms with Gasteiger partial charge in [0.1, 0.15) is 0 Å². The molecule has 3 N–H and O–H groups in total. The molecule has 0 fully saturated rings. The SMILES string of the molecule is O=C(CCCNC(=O)c1ccccc1)NCC(O)c1ccsc1. The summed E-state index contributed by atoms with van der Waals surface area (Å²) in [5, 5.41) is 19.1. The molecule has 6 heteroatoms. The van der Waals surface area contributed by atoms with Gasteiger partial charge in [0.05, 0.1) is 6.10 Å². The van der Waals surface area contributed by atoms with Gasteiger partial charge in [0.15, 0.2) is 0 Å². The van der Waals surface area contributed by atoms with Crippen LogP contribution in [0.2, 0.25) is 0 Å². The first-order valence-electron chi connectivity index (χ1n) is 7.47. The Morgan fingerprint density at radius 3 is 2.61 bits per heavy atom. The summed E-state index contributed by atoms with van der Waals surface area (Å²) in [5.41, 5.74) is 1.42. The molecule has 1 aromatic heterocycles. The van der Waals surface area contributed by atoms with Gasteiger partial charge in [0.2, 0.25) is 5.91 Å². The summed E-state index contributed by atoms with van der Waals surface area (Å²) < 4.78 is 0. The molecule has 1 aromatic carbocycles. The highest BCUT2D eigenvalue weighted by molar-refractivity contribution is 7.07. The van der Waals surface area contributed by atoms with Crippen molar-refractivity contribution in [2.45, 2.75) is 18.9 Å². The second-order valence-corrected chi connectivity index (χ2v) is 5.88. The molecule has 0 saturated carbocycles. The number of amides is 2. The second kappa shape index (κ2) is 9.07. The highest BCUT2D eigenvalue weighted by Gasteiger charge is 2.10. The largest absolute Gasteiger partial charge is 0.387 e. The summed E-state index contributed by atoms with van der Waals surface area (Å²) in [6.07, 6.45) is 0.188. The molecule has 0 radical (unpaired) electrons. The summed E-state index contributed by atoms with van der Waals surface area (Å²) in [5.74, 6) is -0.271. The summed E-state index contributed by atoms with van der Waals surface area (Å²) in [7, 11) is 0. The van der Waals surface area contributed by atoms with E-state index >= 15 is 0 Å². The van der Waals surface area contributed by atoms with Crippen LogP contribution in [0.25, 0.3) is 0 Å². The molecular formula is C17H20N2O3S. The van der Waals surface area contributed by atoms with Crippen molar-refractivity contribution in [3.8, 4) is 0 Å². The van der Waals surface area contributed by atoms with Gasteiger partial charge in [0.25, 0.3) is 5.91 Å². The van der Waals surface area contributed by atoms with Crippen molar-refractivity contribution >= 4 is 23.2 Å². The third-order valence-corrected chi connectivity index (χ3v) is 4.02. The number of thiophene rings is 1. The lowest BCUT2D eigenvalue weighted by molar-refractivity contribution is -0.121. The van der Waals surface area contributed by atoms with Crippen LogP contribution in [0.5, 0.6) is 0 Å². The van der Waals surface area contributed by atoms with E-state index in [1.54, 1.807) is 24.3 Å². The topological polar surface area (TPSA) is 78.4 Å². The molecule has 0 aliphatic rings. The third-order valence-electron chi connectivity index (χ3n) is 3.32. The molecule has 2 aromatic rings. The average molecular weight is 332 g/mol. The van der Waals surface area contributed by atoms with E-state index < -0.39 is 6.10 Å². The van der Waals surface area contributed by atoms with Gasteiger partial charge < -0.3 is 15.7 Å². The molecule has 1 heterocycles. The van der Waals surface area contributed by atoms with Crippen molar-refractivity contribution in [1.29, 1.82) is 0 Å². The second-order valence-electron chi connectivity index (χ2n) is 5.10. The van der Waals surface area contributed by atoms with E-state index in [0.29, 0.717) is 24.9 Å². The van der Waals surface area contributed by atoms with Crippen LogP contribution in [0, 0.1) is 0 Å². The number of nitrogens with one attached hydrogen (secondary N) is 2. The number of hydrogen-bond acceptors (Lipinski definition) is 4. The first kappa shape index (κ1) is 17.2. The van der Waals surface area contributed by atoms with E-state index in [-0.39, 0.29) is 18.4 Å². The number of carbonyl (C=O) groups excluding carboxylic acids is 2. The first-order chi connectivity index (χ1) is 11.2. The molecule has 0 spiro atoms. The molecule has 23 heavy (non-hydrogen) atoms. The molecule has 2 amide bonds. The summed E-state index contributed by atoms with van der Waals surface area (Å²) >= 11 is 1.51. The minimum absolute atomic E-state index is 0.131. The molecule has 1 atom stereocenters. The Bertz CT molecular complexity index is 614. The summed E-state index contributed by atoms with van der Waals surface area (Å²) in [4.78, 5) is 23.5. The van der Waals surface area contributed by atoms with E-state index in [1.165, 1.54) is 11.3 Å². The summed E-state index contributed by atoms with van der Waals surface area (Å²) in [6, 6.07) is 10.8. The molecule has 0 saturated heterocycles. The van der Waals surface area contributed by atoms with E-state index in [1.807, 2.05) is 22.9 Å². The minimum Gasteiger partial charge on any atom is -0.387 e. The lowest BCUT2D eigenvalue weighted by Gasteiger charge is -2.10. The molecule has 1 unspecified atom stereocenters. The summed E-state index contributed by atoms with van der Waals surface area (Å²) in [6.45, 7) is 0.639. The van der Waals surface area contributed by atoms with Crippen molar-refractivity contribution in [3.05, 3.63) is 58.3 Å². The maximum absolute atomic E-state index is 11.8.